The van der Waals surface area contributed by atoms with Crippen molar-refractivity contribution in [1.29, 1.82) is 0 Å². The molecule has 2 aromatic carbocycles. The summed E-state index contributed by atoms with van der Waals surface area (Å²) in [6.07, 6.45) is 1.47. The van der Waals surface area contributed by atoms with Crippen molar-refractivity contribution in [3.63, 3.8) is 0 Å². The normalized spacial score (nSPS) is 12.2. The zero-order valence-corrected chi connectivity index (χ0v) is 21.6. The molecule has 2 atom stereocenters. The molecule has 0 aliphatic heterocycles. The Hall–Kier alpha value is -3.27. The summed E-state index contributed by atoms with van der Waals surface area (Å²) in [5.74, 6) is -1.18. The number of halogens is 4. The second kappa shape index (κ2) is 11.4. The van der Waals surface area contributed by atoms with Crippen LogP contribution in [0, 0.1) is 12.7 Å². The summed E-state index contributed by atoms with van der Waals surface area (Å²) in [5, 5.41) is 7.48. The van der Waals surface area contributed by atoms with E-state index in [1.807, 2.05) is 25.1 Å². The summed E-state index contributed by atoms with van der Waals surface area (Å²) in [7, 11) is 4.11. The van der Waals surface area contributed by atoms with E-state index in [0.717, 1.165) is 22.7 Å². The minimum Gasteiger partial charge on any atom is -0.487 e. The van der Waals surface area contributed by atoms with Crippen LogP contribution in [0.15, 0.2) is 42.7 Å². The smallest absolute Gasteiger partial charge is 0.345 e. The Balaban J connectivity index is 1.64. The molecule has 0 aliphatic rings. The highest BCUT2D eigenvalue weighted by Gasteiger charge is 2.20. The number of carbonyl (C=O) groups excluding carboxylic acids is 1. The van der Waals surface area contributed by atoms with E-state index in [9.17, 15) is 18.0 Å². The van der Waals surface area contributed by atoms with Gasteiger partial charge in [-0.1, -0.05) is 23.7 Å². The molecular formula is C24H22ClF3N5O3P. The molecule has 4 aromatic rings. The lowest BCUT2D eigenvalue weighted by Gasteiger charge is -2.20. The van der Waals surface area contributed by atoms with E-state index in [2.05, 4.69) is 34.4 Å². The lowest BCUT2D eigenvalue weighted by atomic mass is 10.1. The molecule has 0 saturated heterocycles. The number of alkyl halides is 2. The molecule has 1 N–H and O–H groups in total. The van der Waals surface area contributed by atoms with Gasteiger partial charge in [-0.15, -0.1) is 9.24 Å². The zero-order chi connectivity index (χ0) is 26.7. The van der Waals surface area contributed by atoms with Crippen molar-refractivity contribution in [2.75, 3.05) is 6.61 Å². The summed E-state index contributed by atoms with van der Waals surface area (Å²) in [6.45, 7) is -2.18. The second-order valence-electron chi connectivity index (χ2n) is 8.03. The van der Waals surface area contributed by atoms with Crippen LogP contribution in [0.3, 0.4) is 0 Å². The summed E-state index contributed by atoms with van der Waals surface area (Å²) >= 11 is 6.34. The number of para-hydroxylation sites is 1. The molecule has 2 aromatic heterocycles. The fourth-order valence-corrected chi connectivity index (χ4v) is 4.58. The average Bonchev–Trinajstić information content (AvgIpc) is 3.27. The van der Waals surface area contributed by atoms with Crippen molar-refractivity contribution in [3.05, 3.63) is 70.4 Å². The van der Waals surface area contributed by atoms with Gasteiger partial charge in [0.2, 0.25) is 5.91 Å². The number of carbonyl (C=O) groups is 1. The first kappa shape index (κ1) is 26.8. The third-order valence-electron chi connectivity index (χ3n) is 5.44. The van der Waals surface area contributed by atoms with Gasteiger partial charge in [0.1, 0.15) is 36.6 Å². The number of hydrogen-bond acceptors (Lipinski definition) is 6. The van der Waals surface area contributed by atoms with Gasteiger partial charge < -0.3 is 14.8 Å². The number of hydrogen-bond donors (Lipinski definition) is 1. The fraction of sp³-hybridized carbons (Fsp3) is 0.250. The number of nitrogens with one attached hydrogen (secondary N) is 1. The van der Waals surface area contributed by atoms with Crippen molar-refractivity contribution in [2.24, 2.45) is 7.05 Å². The number of aromatic nitrogens is 4. The monoisotopic (exact) mass is 551 g/mol. The van der Waals surface area contributed by atoms with Gasteiger partial charge in [-0.2, -0.15) is 13.9 Å². The largest absolute Gasteiger partial charge is 0.487 e. The Morgan fingerprint density at radius 2 is 2.05 bits per heavy atom. The molecule has 2 unspecified atom stereocenters. The van der Waals surface area contributed by atoms with Crippen LogP contribution in [-0.2, 0) is 23.2 Å². The van der Waals surface area contributed by atoms with Crippen molar-refractivity contribution in [2.45, 2.75) is 25.9 Å². The Morgan fingerprint density at radius 1 is 1.27 bits per heavy atom. The minimum absolute atomic E-state index is 0.0738. The summed E-state index contributed by atoms with van der Waals surface area (Å²) in [4.78, 5) is 20.9. The van der Waals surface area contributed by atoms with Crippen LogP contribution in [0.1, 0.15) is 22.6 Å². The Labute approximate surface area is 217 Å². The van der Waals surface area contributed by atoms with Gasteiger partial charge >= 0.3 is 6.61 Å². The number of amides is 1. The van der Waals surface area contributed by atoms with Crippen molar-refractivity contribution >= 4 is 37.7 Å². The number of fused-ring (bicyclic) bond motifs is 1. The van der Waals surface area contributed by atoms with E-state index in [-0.39, 0.29) is 11.6 Å². The molecule has 0 fully saturated rings. The molecule has 1 amide bonds. The van der Waals surface area contributed by atoms with Crippen molar-refractivity contribution < 1.29 is 27.4 Å². The quantitative estimate of drug-likeness (QED) is 0.296. The molecule has 0 aliphatic carbocycles. The van der Waals surface area contributed by atoms with Gasteiger partial charge in [-0.05, 0) is 36.8 Å². The predicted octanol–water partition coefficient (Wildman–Crippen LogP) is 4.94. The summed E-state index contributed by atoms with van der Waals surface area (Å²) in [6, 6.07) is 9.67. The van der Waals surface area contributed by atoms with Crippen LogP contribution < -0.4 is 10.1 Å². The molecule has 13 heteroatoms. The van der Waals surface area contributed by atoms with E-state index in [1.54, 1.807) is 17.8 Å². The highest BCUT2D eigenvalue weighted by atomic mass is 35.5. The first-order valence-electron chi connectivity index (χ1n) is 10.9. The third-order valence-corrected chi connectivity index (χ3v) is 6.30. The van der Waals surface area contributed by atoms with Crippen molar-refractivity contribution in [3.8, 4) is 17.1 Å². The number of pyridine rings is 1. The van der Waals surface area contributed by atoms with Crippen LogP contribution in [0.25, 0.3) is 22.3 Å². The van der Waals surface area contributed by atoms with Crippen LogP contribution in [-0.4, -0.2) is 38.9 Å². The molecule has 194 valence electrons. The molecule has 0 spiro atoms. The number of nitrogens with zero attached hydrogens (tertiary/aromatic N) is 4. The SMILES string of the molecule is Cc1cc(-c2ncnn2C)c2cccc(OCc3c(Cl)cc(F)cc3C(P)NC(=O)COC(F)F)c2n1. The molecule has 37 heavy (non-hydrogen) atoms. The average molecular weight is 552 g/mol. The summed E-state index contributed by atoms with van der Waals surface area (Å²) in [5.41, 5.74) is 2.84. The molecule has 0 saturated carbocycles. The lowest BCUT2D eigenvalue weighted by molar-refractivity contribution is -0.151. The molecular weight excluding hydrogens is 530 g/mol. The molecule has 8 nitrogen and oxygen atoms in total. The Kier molecular flexibility index (Phi) is 8.26. The maximum atomic E-state index is 14.2. The first-order valence-corrected chi connectivity index (χ1v) is 12.0. The van der Waals surface area contributed by atoms with Crippen LogP contribution >= 0.6 is 20.8 Å². The number of ether oxygens (including phenoxy) is 2. The molecule has 0 bridgehead atoms. The third kappa shape index (κ3) is 6.18. The Bertz CT molecular complexity index is 1450. The van der Waals surface area contributed by atoms with E-state index in [1.165, 1.54) is 12.4 Å². The zero-order valence-electron chi connectivity index (χ0n) is 19.7. The van der Waals surface area contributed by atoms with Gasteiger partial charge in [-0.25, -0.2) is 19.0 Å². The maximum Gasteiger partial charge on any atom is 0.345 e. The topological polar surface area (TPSA) is 91.2 Å². The predicted molar refractivity (Wildman–Crippen MR) is 135 cm³/mol. The van der Waals surface area contributed by atoms with E-state index >= 15 is 0 Å². The van der Waals surface area contributed by atoms with E-state index in [4.69, 9.17) is 16.3 Å². The van der Waals surface area contributed by atoms with E-state index < -0.39 is 30.7 Å². The standard InChI is InChI=1S/C24H22ClF3N5O3P/c1-12-6-15(22-29-11-30-33(22)2)14-4-3-5-19(21(14)31-12)35-9-17-16(7-13(26)8-18(17)25)23(37)32-20(34)10-36-24(27)28/h3-8,11,23-24H,9-10,37H2,1-2H3,(H,32,34). The van der Waals surface area contributed by atoms with Gasteiger partial charge in [0.25, 0.3) is 0 Å². The summed E-state index contributed by atoms with van der Waals surface area (Å²) < 4.78 is 50.5. The van der Waals surface area contributed by atoms with Crippen LogP contribution in [0.5, 0.6) is 5.75 Å². The maximum absolute atomic E-state index is 14.2. The Morgan fingerprint density at radius 3 is 2.76 bits per heavy atom. The van der Waals surface area contributed by atoms with Gasteiger partial charge in [0.05, 0.1) is 10.8 Å². The second-order valence-corrected chi connectivity index (χ2v) is 9.11. The molecule has 4 rings (SSSR count). The first-order chi connectivity index (χ1) is 17.6. The van der Waals surface area contributed by atoms with Gasteiger partial charge in [0.15, 0.2) is 5.82 Å². The lowest BCUT2D eigenvalue weighted by Crippen LogP contribution is -2.30. The molecule has 0 radical (unpaired) electrons. The van der Waals surface area contributed by atoms with Gasteiger partial charge in [0, 0.05) is 29.3 Å². The molecule has 2 heterocycles. The minimum atomic E-state index is -3.09. The van der Waals surface area contributed by atoms with Crippen LogP contribution in [0.2, 0.25) is 5.02 Å². The van der Waals surface area contributed by atoms with E-state index in [0.29, 0.717) is 28.2 Å². The van der Waals surface area contributed by atoms with Crippen molar-refractivity contribution in [1.82, 2.24) is 25.1 Å². The highest BCUT2D eigenvalue weighted by molar-refractivity contribution is 7.17. The number of aryl methyl sites for hydroxylation is 2. The number of benzene rings is 2. The fourth-order valence-electron chi connectivity index (χ4n) is 3.83. The highest BCUT2D eigenvalue weighted by Crippen LogP contribution is 2.35. The van der Waals surface area contributed by atoms with Crippen LogP contribution in [0.4, 0.5) is 13.2 Å². The number of rotatable bonds is 9. The van der Waals surface area contributed by atoms with Gasteiger partial charge in [-0.3, -0.25) is 4.79 Å².